The number of hydrogen-bond acceptors (Lipinski definition) is 7. The predicted octanol–water partition coefficient (Wildman–Crippen LogP) is 2.29. The number of piperidine rings is 1. The maximum absolute atomic E-state index is 8.95. The standard InChI is InChI=1S/C21H23N7/c22-11-17-5-6-18(13-25-17)28-14-15(12-26-21(28)23)19-3-1-2-4-20(19)27-16-7-9-24-10-8-16/h1-6,12-14,16,21,24,27H,7-10,23H2. The van der Waals surface area contributed by atoms with Crippen molar-refractivity contribution in [2.45, 2.75) is 25.2 Å². The molecule has 7 heteroatoms. The zero-order valence-corrected chi connectivity index (χ0v) is 15.5. The Labute approximate surface area is 164 Å². The van der Waals surface area contributed by atoms with E-state index in [1.54, 1.807) is 12.3 Å². The summed E-state index contributed by atoms with van der Waals surface area (Å²) in [5.74, 6) is 0. The molecule has 142 valence electrons. The van der Waals surface area contributed by atoms with Gasteiger partial charge in [-0.15, -0.1) is 0 Å². The minimum atomic E-state index is -0.525. The van der Waals surface area contributed by atoms with Gasteiger partial charge in [-0.05, 0) is 44.1 Å². The van der Waals surface area contributed by atoms with Crippen LogP contribution in [0.25, 0.3) is 5.57 Å². The SMILES string of the molecule is N#Cc1ccc(N2C=C(c3ccccc3NC3CCNCC3)C=NC2N)cn1. The number of hydrogen-bond donors (Lipinski definition) is 3. The monoisotopic (exact) mass is 373 g/mol. The summed E-state index contributed by atoms with van der Waals surface area (Å²) in [6.45, 7) is 2.08. The molecule has 1 fully saturated rings. The second kappa shape index (κ2) is 8.21. The number of benzene rings is 1. The van der Waals surface area contributed by atoms with E-state index in [-0.39, 0.29) is 0 Å². The molecular formula is C21H23N7. The lowest BCUT2D eigenvalue weighted by atomic mass is 10.0. The summed E-state index contributed by atoms with van der Waals surface area (Å²) in [5.41, 5.74) is 10.5. The zero-order valence-electron chi connectivity index (χ0n) is 15.5. The summed E-state index contributed by atoms with van der Waals surface area (Å²) in [6, 6.07) is 14.3. The summed E-state index contributed by atoms with van der Waals surface area (Å²) in [7, 11) is 0. The first kappa shape index (κ1) is 18.2. The van der Waals surface area contributed by atoms with Crippen molar-refractivity contribution in [2.75, 3.05) is 23.3 Å². The van der Waals surface area contributed by atoms with Gasteiger partial charge in [0, 0.05) is 35.3 Å². The van der Waals surface area contributed by atoms with Crippen LogP contribution in [0.1, 0.15) is 24.1 Å². The molecule has 1 saturated heterocycles. The van der Waals surface area contributed by atoms with E-state index in [9.17, 15) is 0 Å². The topological polar surface area (TPSA) is 102 Å². The number of nitrogens with two attached hydrogens (primary N) is 1. The number of aliphatic imine (C=N–C) groups is 1. The van der Waals surface area contributed by atoms with E-state index >= 15 is 0 Å². The lowest BCUT2D eigenvalue weighted by Gasteiger charge is -2.30. The average Bonchev–Trinajstić information content (AvgIpc) is 2.75. The van der Waals surface area contributed by atoms with E-state index in [2.05, 4.69) is 32.7 Å². The Morgan fingerprint density at radius 2 is 2.00 bits per heavy atom. The second-order valence-corrected chi connectivity index (χ2v) is 6.91. The highest BCUT2D eigenvalue weighted by atomic mass is 15.3. The molecule has 1 aromatic heterocycles. The molecule has 1 atom stereocenters. The molecule has 2 aromatic rings. The fourth-order valence-corrected chi connectivity index (χ4v) is 3.51. The van der Waals surface area contributed by atoms with Crippen molar-refractivity contribution in [1.82, 2.24) is 10.3 Å². The average molecular weight is 373 g/mol. The maximum atomic E-state index is 8.95. The Kier molecular flexibility index (Phi) is 5.33. The largest absolute Gasteiger partial charge is 0.382 e. The van der Waals surface area contributed by atoms with Gasteiger partial charge in [0.15, 0.2) is 6.29 Å². The van der Waals surface area contributed by atoms with Crippen molar-refractivity contribution in [3.8, 4) is 6.07 Å². The molecule has 2 aliphatic heterocycles. The summed E-state index contributed by atoms with van der Waals surface area (Å²) in [5, 5.41) is 16.0. The Hall–Kier alpha value is -3.21. The number of para-hydroxylation sites is 1. The number of anilines is 2. The first-order chi connectivity index (χ1) is 13.7. The van der Waals surface area contributed by atoms with Gasteiger partial charge in [-0.25, -0.2) is 4.98 Å². The van der Waals surface area contributed by atoms with Crippen LogP contribution in [0.15, 0.2) is 53.8 Å². The molecule has 1 unspecified atom stereocenters. The lowest BCUT2D eigenvalue weighted by Crippen LogP contribution is -2.39. The molecule has 28 heavy (non-hydrogen) atoms. The van der Waals surface area contributed by atoms with Gasteiger partial charge in [0.05, 0.1) is 11.9 Å². The number of pyridine rings is 1. The molecule has 4 rings (SSSR count). The maximum Gasteiger partial charge on any atom is 0.177 e. The summed E-state index contributed by atoms with van der Waals surface area (Å²) < 4.78 is 0. The van der Waals surface area contributed by atoms with Crippen molar-refractivity contribution in [3.05, 3.63) is 60.1 Å². The molecule has 0 spiro atoms. The molecule has 4 N–H and O–H groups in total. The molecule has 0 amide bonds. The van der Waals surface area contributed by atoms with E-state index < -0.39 is 6.29 Å². The summed E-state index contributed by atoms with van der Waals surface area (Å²) >= 11 is 0. The Bertz CT molecular complexity index is 921. The van der Waals surface area contributed by atoms with Crippen LogP contribution in [0.4, 0.5) is 11.4 Å². The fraction of sp³-hybridized carbons (Fsp3) is 0.286. The highest BCUT2D eigenvalue weighted by Gasteiger charge is 2.20. The van der Waals surface area contributed by atoms with Crippen molar-refractivity contribution >= 4 is 23.2 Å². The third-order valence-corrected chi connectivity index (χ3v) is 5.03. The van der Waals surface area contributed by atoms with Crippen LogP contribution >= 0.6 is 0 Å². The first-order valence-corrected chi connectivity index (χ1v) is 9.46. The molecule has 3 heterocycles. The fourth-order valence-electron chi connectivity index (χ4n) is 3.51. The highest BCUT2D eigenvalue weighted by molar-refractivity contribution is 6.13. The number of nitriles is 1. The summed E-state index contributed by atoms with van der Waals surface area (Å²) in [6.07, 6.45) is 7.14. The van der Waals surface area contributed by atoms with Gasteiger partial charge >= 0.3 is 0 Å². The molecule has 7 nitrogen and oxygen atoms in total. The predicted molar refractivity (Wildman–Crippen MR) is 112 cm³/mol. The van der Waals surface area contributed by atoms with E-state index in [0.29, 0.717) is 11.7 Å². The van der Waals surface area contributed by atoms with Crippen LogP contribution in [0.3, 0.4) is 0 Å². The molecule has 0 aliphatic carbocycles. The quantitative estimate of drug-likeness (QED) is 0.760. The van der Waals surface area contributed by atoms with E-state index in [1.165, 1.54) is 0 Å². The number of nitrogens with one attached hydrogen (secondary N) is 2. The molecular weight excluding hydrogens is 350 g/mol. The van der Waals surface area contributed by atoms with Crippen LogP contribution in [0.5, 0.6) is 0 Å². The number of nitrogens with zero attached hydrogens (tertiary/aromatic N) is 4. The minimum absolute atomic E-state index is 0.374. The van der Waals surface area contributed by atoms with Gasteiger partial charge in [0.2, 0.25) is 0 Å². The van der Waals surface area contributed by atoms with Gasteiger partial charge in [-0.3, -0.25) is 10.7 Å². The smallest absolute Gasteiger partial charge is 0.177 e. The molecule has 0 saturated carbocycles. The van der Waals surface area contributed by atoms with Gasteiger partial charge < -0.3 is 15.5 Å². The third kappa shape index (κ3) is 3.88. The van der Waals surface area contributed by atoms with Crippen LogP contribution < -0.4 is 21.3 Å². The summed E-state index contributed by atoms with van der Waals surface area (Å²) in [4.78, 5) is 10.5. The van der Waals surface area contributed by atoms with Crippen LogP contribution in [-0.2, 0) is 0 Å². The van der Waals surface area contributed by atoms with Crippen molar-refractivity contribution < 1.29 is 0 Å². The highest BCUT2D eigenvalue weighted by Crippen LogP contribution is 2.29. The van der Waals surface area contributed by atoms with E-state index in [1.807, 2.05) is 41.6 Å². The third-order valence-electron chi connectivity index (χ3n) is 5.03. The molecule has 0 radical (unpaired) electrons. The van der Waals surface area contributed by atoms with Crippen LogP contribution in [0.2, 0.25) is 0 Å². The zero-order chi connectivity index (χ0) is 19.3. The van der Waals surface area contributed by atoms with Gasteiger partial charge in [0.25, 0.3) is 0 Å². The number of rotatable bonds is 4. The Morgan fingerprint density at radius 1 is 1.18 bits per heavy atom. The molecule has 0 bridgehead atoms. The first-order valence-electron chi connectivity index (χ1n) is 9.46. The van der Waals surface area contributed by atoms with Crippen LogP contribution in [-0.4, -0.2) is 36.6 Å². The second-order valence-electron chi connectivity index (χ2n) is 6.91. The lowest BCUT2D eigenvalue weighted by molar-refractivity contribution is 0.479. The normalized spacial score (nSPS) is 19.8. The molecule has 2 aliphatic rings. The number of allylic oxidation sites excluding steroid dienone is 1. The van der Waals surface area contributed by atoms with E-state index in [4.69, 9.17) is 11.0 Å². The van der Waals surface area contributed by atoms with E-state index in [0.717, 1.165) is 48.4 Å². The minimum Gasteiger partial charge on any atom is -0.382 e. The number of aromatic nitrogens is 1. The van der Waals surface area contributed by atoms with Gasteiger partial charge in [0.1, 0.15) is 11.8 Å². The van der Waals surface area contributed by atoms with Crippen molar-refractivity contribution in [1.29, 1.82) is 5.26 Å². The Morgan fingerprint density at radius 3 is 2.75 bits per heavy atom. The van der Waals surface area contributed by atoms with Crippen molar-refractivity contribution in [3.63, 3.8) is 0 Å². The van der Waals surface area contributed by atoms with Crippen molar-refractivity contribution in [2.24, 2.45) is 10.7 Å². The van der Waals surface area contributed by atoms with Gasteiger partial charge in [-0.1, -0.05) is 18.2 Å². The van der Waals surface area contributed by atoms with Gasteiger partial charge in [-0.2, -0.15) is 5.26 Å². The Balaban J connectivity index is 1.62. The van der Waals surface area contributed by atoms with Crippen LogP contribution in [0, 0.1) is 11.3 Å². The molecule has 1 aromatic carbocycles.